The second-order valence-electron chi connectivity index (χ2n) is 3.75. The molecule has 0 aliphatic rings. The van der Waals surface area contributed by atoms with Crippen LogP contribution >= 0.6 is 11.7 Å². The molecular formula is C10H16N6OS. The molecule has 2 aromatic heterocycles. The number of aromatic nitrogens is 4. The van der Waals surface area contributed by atoms with E-state index in [2.05, 4.69) is 26.2 Å². The maximum absolute atomic E-state index is 5.63. The molecule has 2 rings (SSSR count). The van der Waals surface area contributed by atoms with Gasteiger partial charge in [0.25, 0.3) is 0 Å². The molecule has 8 heteroatoms. The predicted octanol–water partition coefficient (Wildman–Crippen LogP) is 0.706. The van der Waals surface area contributed by atoms with Gasteiger partial charge in [-0.15, -0.1) is 0 Å². The van der Waals surface area contributed by atoms with Gasteiger partial charge in [0.1, 0.15) is 11.7 Å². The van der Waals surface area contributed by atoms with Crippen molar-refractivity contribution in [3.63, 3.8) is 0 Å². The van der Waals surface area contributed by atoms with E-state index in [0.717, 1.165) is 36.1 Å². The van der Waals surface area contributed by atoms with Gasteiger partial charge in [0.15, 0.2) is 5.75 Å². The second-order valence-corrected chi connectivity index (χ2v) is 4.31. The Balaban J connectivity index is 2.42. The molecule has 2 heterocycles. The van der Waals surface area contributed by atoms with E-state index in [4.69, 9.17) is 10.6 Å². The minimum absolute atomic E-state index is 0.271. The highest BCUT2D eigenvalue weighted by molar-refractivity contribution is 6.99. The molecule has 0 fully saturated rings. The molecule has 0 amide bonds. The van der Waals surface area contributed by atoms with Crippen LogP contribution in [0.4, 0.5) is 0 Å². The van der Waals surface area contributed by atoms with Crippen molar-refractivity contribution in [3.05, 3.63) is 23.8 Å². The summed E-state index contributed by atoms with van der Waals surface area (Å²) in [6.45, 7) is 2.89. The summed E-state index contributed by atoms with van der Waals surface area (Å²) in [5.41, 5.74) is 4.38. The monoisotopic (exact) mass is 268 g/mol. The lowest BCUT2D eigenvalue weighted by molar-refractivity contribution is 0.397. The molecule has 0 radical (unpaired) electrons. The standard InChI is InChI=1S/C10H16N6OS/c1-3-4-16-10(8(17-2)6-12-16)9(14-11)7-5-13-18-15-7/h5-6,9,14H,3-4,11H2,1-2H3. The van der Waals surface area contributed by atoms with Gasteiger partial charge in [-0.1, -0.05) is 6.92 Å². The van der Waals surface area contributed by atoms with E-state index in [1.165, 1.54) is 0 Å². The van der Waals surface area contributed by atoms with Crippen molar-refractivity contribution in [2.75, 3.05) is 7.11 Å². The lowest BCUT2D eigenvalue weighted by Gasteiger charge is -2.16. The van der Waals surface area contributed by atoms with Gasteiger partial charge in [0, 0.05) is 6.54 Å². The summed E-state index contributed by atoms with van der Waals surface area (Å²) in [6, 6.07) is -0.271. The number of nitrogens with zero attached hydrogens (tertiary/aromatic N) is 4. The van der Waals surface area contributed by atoms with Gasteiger partial charge >= 0.3 is 0 Å². The first-order valence-electron chi connectivity index (χ1n) is 5.65. The molecule has 1 atom stereocenters. The summed E-state index contributed by atoms with van der Waals surface area (Å²) in [5.74, 6) is 6.33. The molecule has 0 spiro atoms. The zero-order valence-electron chi connectivity index (χ0n) is 10.3. The molecule has 1 unspecified atom stereocenters. The van der Waals surface area contributed by atoms with E-state index in [9.17, 15) is 0 Å². The third-order valence-electron chi connectivity index (χ3n) is 2.61. The molecule has 0 saturated heterocycles. The number of ether oxygens (including phenoxy) is 1. The van der Waals surface area contributed by atoms with Gasteiger partial charge in [-0.2, -0.15) is 13.8 Å². The highest BCUT2D eigenvalue weighted by Crippen LogP contribution is 2.28. The number of hydrogen-bond acceptors (Lipinski definition) is 7. The SMILES string of the molecule is CCCn1ncc(OC)c1C(NN)c1cnsn1. The second kappa shape index (κ2) is 5.89. The lowest BCUT2D eigenvalue weighted by Crippen LogP contribution is -2.31. The van der Waals surface area contributed by atoms with E-state index in [1.54, 1.807) is 19.5 Å². The summed E-state index contributed by atoms with van der Waals surface area (Å²) < 4.78 is 15.4. The highest BCUT2D eigenvalue weighted by atomic mass is 32.1. The Kier molecular flexibility index (Phi) is 4.24. The van der Waals surface area contributed by atoms with E-state index in [1.807, 2.05) is 4.68 Å². The number of nitrogens with one attached hydrogen (secondary N) is 1. The fourth-order valence-electron chi connectivity index (χ4n) is 1.82. The largest absolute Gasteiger partial charge is 0.493 e. The Morgan fingerprint density at radius 2 is 2.39 bits per heavy atom. The highest BCUT2D eigenvalue weighted by Gasteiger charge is 2.24. The number of methoxy groups -OCH3 is 1. The zero-order chi connectivity index (χ0) is 13.0. The minimum Gasteiger partial charge on any atom is -0.493 e. The molecule has 0 aliphatic heterocycles. The molecular weight excluding hydrogens is 252 g/mol. The first-order chi connectivity index (χ1) is 8.81. The van der Waals surface area contributed by atoms with Crippen molar-refractivity contribution >= 4 is 11.7 Å². The molecule has 0 bridgehead atoms. The number of hydrogen-bond donors (Lipinski definition) is 2. The topological polar surface area (TPSA) is 90.9 Å². The van der Waals surface area contributed by atoms with Crippen LogP contribution in [0.5, 0.6) is 5.75 Å². The number of hydrazine groups is 1. The Morgan fingerprint density at radius 3 is 2.94 bits per heavy atom. The van der Waals surface area contributed by atoms with Crippen LogP contribution in [0.3, 0.4) is 0 Å². The van der Waals surface area contributed by atoms with Crippen molar-refractivity contribution in [1.29, 1.82) is 0 Å². The van der Waals surface area contributed by atoms with Crippen LogP contribution in [0.1, 0.15) is 30.8 Å². The van der Waals surface area contributed by atoms with Gasteiger partial charge in [-0.3, -0.25) is 10.5 Å². The van der Waals surface area contributed by atoms with Crippen LogP contribution in [0, 0.1) is 0 Å². The summed E-state index contributed by atoms with van der Waals surface area (Å²) in [6.07, 6.45) is 4.36. The summed E-state index contributed by atoms with van der Waals surface area (Å²) in [5, 5.41) is 4.31. The fourth-order valence-corrected chi connectivity index (χ4v) is 2.27. The molecule has 3 N–H and O–H groups in total. The smallest absolute Gasteiger partial charge is 0.162 e. The predicted molar refractivity (Wildman–Crippen MR) is 68.1 cm³/mol. The first-order valence-corrected chi connectivity index (χ1v) is 6.38. The molecule has 7 nitrogen and oxygen atoms in total. The minimum atomic E-state index is -0.271. The third-order valence-corrected chi connectivity index (χ3v) is 3.11. The van der Waals surface area contributed by atoms with Crippen LogP contribution in [0.2, 0.25) is 0 Å². The molecule has 0 aliphatic carbocycles. The molecule has 2 aromatic rings. The average Bonchev–Trinajstić information content (AvgIpc) is 3.02. The molecule has 0 aromatic carbocycles. The molecule has 98 valence electrons. The maximum Gasteiger partial charge on any atom is 0.162 e. The van der Waals surface area contributed by atoms with Crippen LogP contribution in [-0.2, 0) is 6.54 Å². The Labute approximate surface area is 109 Å². The first kappa shape index (κ1) is 12.9. The van der Waals surface area contributed by atoms with Crippen LogP contribution in [0.15, 0.2) is 12.4 Å². The van der Waals surface area contributed by atoms with Crippen molar-refractivity contribution < 1.29 is 4.74 Å². The summed E-state index contributed by atoms with van der Waals surface area (Å²) >= 11 is 1.15. The van der Waals surface area contributed by atoms with E-state index >= 15 is 0 Å². The number of rotatable bonds is 6. The Morgan fingerprint density at radius 1 is 1.56 bits per heavy atom. The van der Waals surface area contributed by atoms with Gasteiger partial charge in [-0.05, 0) is 6.42 Å². The summed E-state index contributed by atoms with van der Waals surface area (Å²) in [7, 11) is 1.61. The fraction of sp³-hybridized carbons (Fsp3) is 0.500. The van der Waals surface area contributed by atoms with Crippen LogP contribution < -0.4 is 16.0 Å². The lowest BCUT2D eigenvalue weighted by atomic mass is 10.1. The average molecular weight is 268 g/mol. The van der Waals surface area contributed by atoms with Crippen molar-refractivity contribution in [2.24, 2.45) is 5.84 Å². The summed E-state index contributed by atoms with van der Waals surface area (Å²) in [4.78, 5) is 0. The molecule has 0 saturated carbocycles. The van der Waals surface area contributed by atoms with Gasteiger partial charge < -0.3 is 4.74 Å². The van der Waals surface area contributed by atoms with Gasteiger partial charge in [0.2, 0.25) is 0 Å². The van der Waals surface area contributed by atoms with E-state index in [0.29, 0.717) is 5.75 Å². The van der Waals surface area contributed by atoms with E-state index in [-0.39, 0.29) is 6.04 Å². The van der Waals surface area contributed by atoms with Gasteiger partial charge in [-0.25, -0.2) is 5.43 Å². The molecule has 18 heavy (non-hydrogen) atoms. The number of aryl methyl sites for hydroxylation is 1. The number of nitrogens with two attached hydrogens (primary N) is 1. The van der Waals surface area contributed by atoms with Crippen molar-refractivity contribution in [3.8, 4) is 5.75 Å². The quantitative estimate of drug-likeness (QED) is 0.592. The van der Waals surface area contributed by atoms with Crippen LogP contribution in [-0.4, -0.2) is 25.6 Å². The third kappa shape index (κ3) is 2.35. The maximum atomic E-state index is 5.63. The van der Waals surface area contributed by atoms with E-state index < -0.39 is 0 Å². The van der Waals surface area contributed by atoms with Gasteiger partial charge in [0.05, 0.1) is 36.9 Å². The van der Waals surface area contributed by atoms with Crippen molar-refractivity contribution in [2.45, 2.75) is 25.9 Å². The normalized spacial score (nSPS) is 12.6. The zero-order valence-corrected chi connectivity index (χ0v) is 11.1. The Hall–Kier alpha value is -1.51. The van der Waals surface area contributed by atoms with Crippen molar-refractivity contribution in [1.82, 2.24) is 24.0 Å². The van der Waals surface area contributed by atoms with Crippen LogP contribution in [0.25, 0.3) is 0 Å². The Bertz CT molecular complexity index is 483.